The summed E-state index contributed by atoms with van der Waals surface area (Å²) in [6.07, 6.45) is 0.842. The molecular weight excluding hydrogens is 304 g/mol. The summed E-state index contributed by atoms with van der Waals surface area (Å²) in [4.78, 5) is 0.341. The van der Waals surface area contributed by atoms with Crippen LogP contribution in [0.5, 0.6) is 0 Å². The smallest absolute Gasteiger partial charge is 0.240 e. The SMILES string of the molecule is CCNCc1cccc(S(=O)(=O)NC(C)CCSCC)c1. The van der Waals surface area contributed by atoms with E-state index in [0.29, 0.717) is 11.4 Å². The molecule has 0 heterocycles. The molecule has 0 aliphatic carbocycles. The highest BCUT2D eigenvalue weighted by atomic mass is 32.2. The maximum absolute atomic E-state index is 12.4. The van der Waals surface area contributed by atoms with E-state index in [1.165, 1.54) is 0 Å². The van der Waals surface area contributed by atoms with E-state index in [1.807, 2.05) is 31.7 Å². The molecule has 6 heteroatoms. The number of sulfonamides is 1. The molecule has 1 aromatic carbocycles. The van der Waals surface area contributed by atoms with Crippen molar-refractivity contribution in [1.82, 2.24) is 10.0 Å². The quantitative estimate of drug-likeness (QED) is 0.648. The Labute approximate surface area is 133 Å². The van der Waals surface area contributed by atoms with Gasteiger partial charge in [0, 0.05) is 12.6 Å². The lowest BCUT2D eigenvalue weighted by atomic mass is 10.2. The van der Waals surface area contributed by atoms with Crippen molar-refractivity contribution in [3.8, 4) is 0 Å². The predicted molar refractivity (Wildman–Crippen MR) is 91.2 cm³/mol. The first kappa shape index (κ1) is 18.5. The number of thioether (sulfide) groups is 1. The number of nitrogens with one attached hydrogen (secondary N) is 2. The fourth-order valence-electron chi connectivity index (χ4n) is 1.89. The van der Waals surface area contributed by atoms with Crippen LogP contribution in [0.3, 0.4) is 0 Å². The van der Waals surface area contributed by atoms with Crippen molar-refractivity contribution in [1.29, 1.82) is 0 Å². The third kappa shape index (κ3) is 6.82. The third-order valence-corrected chi connectivity index (χ3v) is 5.56. The summed E-state index contributed by atoms with van der Waals surface area (Å²) in [7, 11) is -3.43. The molecule has 0 aliphatic rings. The van der Waals surface area contributed by atoms with Crippen molar-refractivity contribution in [2.24, 2.45) is 0 Å². The molecule has 1 atom stereocenters. The van der Waals surface area contributed by atoms with Crippen LogP contribution in [0, 0.1) is 0 Å². The molecule has 0 saturated carbocycles. The van der Waals surface area contributed by atoms with Crippen molar-refractivity contribution in [3.05, 3.63) is 29.8 Å². The highest BCUT2D eigenvalue weighted by Crippen LogP contribution is 2.13. The van der Waals surface area contributed by atoms with Gasteiger partial charge in [-0.05, 0) is 49.1 Å². The van der Waals surface area contributed by atoms with Crippen LogP contribution in [0.25, 0.3) is 0 Å². The molecule has 0 aromatic heterocycles. The second kappa shape index (κ2) is 9.46. The van der Waals surface area contributed by atoms with Gasteiger partial charge in [-0.25, -0.2) is 13.1 Å². The predicted octanol–water partition coefficient (Wildman–Crippen LogP) is 2.61. The van der Waals surface area contributed by atoms with Gasteiger partial charge in [-0.3, -0.25) is 0 Å². The molecule has 0 radical (unpaired) electrons. The standard InChI is InChI=1S/C15H26N2O2S2/c1-4-16-12-14-7-6-8-15(11-14)21(18,19)17-13(3)9-10-20-5-2/h6-8,11,13,16-17H,4-5,9-10,12H2,1-3H3. The van der Waals surface area contributed by atoms with E-state index < -0.39 is 10.0 Å². The molecule has 0 bridgehead atoms. The third-order valence-electron chi connectivity index (χ3n) is 3.04. The zero-order chi connectivity index (χ0) is 15.7. The van der Waals surface area contributed by atoms with E-state index in [4.69, 9.17) is 0 Å². The first-order valence-corrected chi connectivity index (χ1v) is 10.0. The van der Waals surface area contributed by atoms with Gasteiger partial charge in [0.1, 0.15) is 0 Å². The lowest BCUT2D eigenvalue weighted by Gasteiger charge is -2.14. The second-order valence-corrected chi connectivity index (χ2v) is 8.04. The van der Waals surface area contributed by atoms with Crippen LogP contribution in [0.2, 0.25) is 0 Å². The van der Waals surface area contributed by atoms with Crippen molar-refractivity contribution >= 4 is 21.8 Å². The molecular formula is C15H26N2O2S2. The van der Waals surface area contributed by atoms with E-state index in [1.54, 1.807) is 18.2 Å². The molecule has 120 valence electrons. The Balaban J connectivity index is 2.68. The number of hydrogen-bond acceptors (Lipinski definition) is 4. The maximum Gasteiger partial charge on any atom is 0.240 e. The van der Waals surface area contributed by atoms with Crippen molar-refractivity contribution < 1.29 is 8.42 Å². The molecule has 0 aliphatic heterocycles. The van der Waals surface area contributed by atoms with E-state index in [-0.39, 0.29) is 6.04 Å². The molecule has 0 fully saturated rings. The molecule has 1 rings (SSSR count). The largest absolute Gasteiger partial charge is 0.313 e. The Morgan fingerprint density at radius 1 is 1.29 bits per heavy atom. The van der Waals surface area contributed by atoms with Crippen LogP contribution in [0.1, 0.15) is 32.8 Å². The molecule has 0 saturated heterocycles. The van der Waals surface area contributed by atoms with Crippen molar-refractivity contribution in [2.45, 2.75) is 44.7 Å². The summed E-state index contributed by atoms with van der Waals surface area (Å²) < 4.78 is 27.5. The minimum atomic E-state index is -3.43. The van der Waals surface area contributed by atoms with Gasteiger partial charge >= 0.3 is 0 Å². The normalized spacial score (nSPS) is 13.3. The Morgan fingerprint density at radius 3 is 2.71 bits per heavy atom. The average Bonchev–Trinajstić information content (AvgIpc) is 2.45. The average molecular weight is 331 g/mol. The van der Waals surface area contributed by atoms with Crippen LogP contribution in [-0.4, -0.2) is 32.5 Å². The Hall–Kier alpha value is -0.560. The molecule has 0 spiro atoms. The molecule has 4 nitrogen and oxygen atoms in total. The Bertz CT molecular complexity index is 518. The Kier molecular flexibility index (Phi) is 8.33. The highest BCUT2D eigenvalue weighted by Gasteiger charge is 2.17. The van der Waals surface area contributed by atoms with Gasteiger partial charge in [-0.2, -0.15) is 11.8 Å². The summed E-state index contributed by atoms with van der Waals surface area (Å²) in [6, 6.07) is 7.05. The molecule has 2 N–H and O–H groups in total. The van der Waals surface area contributed by atoms with Gasteiger partial charge in [0.2, 0.25) is 10.0 Å². The minimum absolute atomic E-state index is 0.0496. The lowest BCUT2D eigenvalue weighted by molar-refractivity contribution is 0.557. The summed E-state index contributed by atoms with van der Waals surface area (Å²) in [5.41, 5.74) is 0.980. The first-order valence-electron chi connectivity index (χ1n) is 7.39. The van der Waals surface area contributed by atoms with Gasteiger partial charge in [0.25, 0.3) is 0 Å². The van der Waals surface area contributed by atoms with E-state index >= 15 is 0 Å². The van der Waals surface area contributed by atoms with E-state index in [0.717, 1.165) is 30.0 Å². The number of benzene rings is 1. The van der Waals surface area contributed by atoms with Crippen LogP contribution in [-0.2, 0) is 16.6 Å². The molecule has 0 amide bonds. The second-order valence-electron chi connectivity index (χ2n) is 4.94. The van der Waals surface area contributed by atoms with Crippen molar-refractivity contribution in [3.63, 3.8) is 0 Å². The minimum Gasteiger partial charge on any atom is -0.313 e. The van der Waals surface area contributed by atoms with Crippen LogP contribution < -0.4 is 10.0 Å². The monoisotopic (exact) mass is 330 g/mol. The first-order chi connectivity index (χ1) is 9.99. The zero-order valence-electron chi connectivity index (χ0n) is 13.1. The number of hydrogen-bond donors (Lipinski definition) is 2. The summed E-state index contributed by atoms with van der Waals surface area (Å²) in [5.74, 6) is 2.03. The fourth-order valence-corrected chi connectivity index (χ4v) is 4.05. The van der Waals surface area contributed by atoms with Crippen molar-refractivity contribution in [2.75, 3.05) is 18.1 Å². The van der Waals surface area contributed by atoms with Crippen LogP contribution in [0.4, 0.5) is 0 Å². The fraction of sp³-hybridized carbons (Fsp3) is 0.600. The lowest BCUT2D eigenvalue weighted by Crippen LogP contribution is -2.33. The van der Waals surface area contributed by atoms with Crippen LogP contribution in [0.15, 0.2) is 29.2 Å². The zero-order valence-corrected chi connectivity index (χ0v) is 14.7. The van der Waals surface area contributed by atoms with Gasteiger partial charge < -0.3 is 5.32 Å². The van der Waals surface area contributed by atoms with Gasteiger partial charge in [-0.1, -0.05) is 26.0 Å². The molecule has 21 heavy (non-hydrogen) atoms. The Morgan fingerprint density at radius 2 is 2.05 bits per heavy atom. The maximum atomic E-state index is 12.4. The van der Waals surface area contributed by atoms with Gasteiger partial charge in [-0.15, -0.1) is 0 Å². The molecule has 1 unspecified atom stereocenters. The summed E-state index contributed by atoms with van der Waals surface area (Å²) >= 11 is 1.83. The summed E-state index contributed by atoms with van der Waals surface area (Å²) in [5, 5.41) is 3.20. The van der Waals surface area contributed by atoms with E-state index in [9.17, 15) is 8.42 Å². The van der Waals surface area contributed by atoms with Crippen LogP contribution >= 0.6 is 11.8 Å². The summed E-state index contributed by atoms with van der Waals surface area (Å²) in [6.45, 7) is 7.59. The van der Waals surface area contributed by atoms with E-state index in [2.05, 4.69) is 17.0 Å². The highest BCUT2D eigenvalue weighted by molar-refractivity contribution is 7.99. The topological polar surface area (TPSA) is 58.2 Å². The molecule has 1 aromatic rings. The number of rotatable bonds is 10. The van der Waals surface area contributed by atoms with Gasteiger partial charge in [0.05, 0.1) is 4.90 Å². The van der Waals surface area contributed by atoms with Gasteiger partial charge in [0.15, 0.2) is 0 Å².